The second kappa shape index (κ2) is 4.94. The van der Waals surface area contributed by atoms with Gasteiger partial charge in [0.1, 0.15) is 11.6 Å². The van der Waals surface area contributed by atoms with Crippen molar-refractivity contribution in [2.75, 3.05) is 11.1 Å². The number of anilines is 3. The average molecular weight is 289 g/mol. The average Bonchev–Trinajstić information content (AvgIpc) is 2.44. The fourth-order valence-electron chi connectivity index (χ4n) is 1.90. The fourth-order valence-corrected chi connectivity index (χ4v) is 2.08. The standard InChI is InChI=1S/C14H10ClFN4/c15-10-5-8(1-2-11(10)16)20-12-3-4-18-13-7-19-14(17)6-9(12)13/h1-7H,(H2,17,19)(H,18,20). The first-order chi connectivity index (χ1) is 9.63. The molecule has 0 aliphatic heterocycles. The van der Waals surface area contributed by atoms with Crippen LogP contribution in [-0.2, 0) is 0 Å². The summed E-state index contributed by atoms with van der Waals surface area (Å²) in [6.45, 7) is 0. The van der Waals surface area contributed by atoms with Gasteiger partial charge in [-0.25, -0.2) is 9.37 Å². The number of hydrogen-bond donors (Lipinski definition) is 2. The van der Waals surface area contributed by atoms with E-state index >= 15 is 0 Å². The molecular weight excluding hydrogens is 279 g/mol. The number of aromatic nitrogens is 2. The van der Waals surface area contributed by atoms with Crippen molar-refractivity contribution in [3.63, 3.8) is 0 Å². The minimum absolute atomic E-state index is 0.0644. The first-order valence-corrected chi connectivity index (χ1v) is 6.23. The maximum atomic E-state index is 13.1. The number of fused-ring (bicyclic) bond motifs is 1. The largest absolute Gasteiger partial charge is 0.384 e. The summed E-state index contributed by atoms with van der Waals surface area (Å²) in [5, 5.41) is 4.07. The van der Waals surface area contributed by atoms with Crippen LogP contribution in [0.4, 0.5) is 21.6 Å². The van der Waals surface area contributed by atoms with Gasteiger partial charge in [0.2, 0.25) is 0 Å². The highest BCUT2D eigenvalue weighted by Gasteiger charge is 2.05. The molecule has 0 unspecified atom stereocenters. The first kappa shape index (κ1) is 12.6. The summed E-state index contributed by atoms with van der Waals surface area (Å²) in [6, 6.07) is 7.98. The lowest BCUT2D eigenvalue weighted by atomic mass is 10.2. The van der Waals surface area contributed by atoms with E-state index in [1.807, 2.05) is 0 Å². The second-order valence-corrected chi connectivity index (χ2v) is 4.65. The number of halogens is 2. The molecule has 0 saturated heterocycles. The van der Waals surface area contributed by atoms with E-state index in [4.69, 9.17) is 17.3 Å². The van der Waals surface area contributed by atoms with Crippen LogP contribution >= 0.6 is 11.6 Å². The predicted octanol–water partition coefficient (Wildman–Crippen LogP) is 3.75. The Labute approximate surface area is 119 Å². The molecule has 1 aromatic carbocycles. The number of benzene rings is 1. The Bertz CT molecular complexity index is 791. The molecule has 3 aromatic rings. The van der Waals surface area contributed by atoms with Gasteiger partial charge in [-0.2, -0.15) is 0 Å². The van der Waals surface area contributed by atoms with E-state index in [-0.39, 0.29) is 5.02 Å². The molecule has 0 fully saturated rings. The van der Waals surface area contributed by atoms with Gasteiger partial charge in [-0.3, -0.25) is 4.98 Å². The van der Waals surface area contributed by atoms with Gasteiger partial charge < -0.3 is 11.1 Å². The Morgan fingerprint density at radius 3 is 2.80 bits per heavy atom. The Balaban J connectivity index is 2.05. The van der Waals surface area contributed by atoms with Gasteiger partial charge in [0, 0.05) is 23.0 Å². The van der Waals surface area contributed by atoms with Crippen LogP contribution in [0.25, 0.3) is 10.9 Å². The molecule has 3 N–H and O–H groups in total. The number of nitrogens with one attached hydrogen (secondary N) is 1. The van der Waals surface area contributed by atoms with Crippen LogP contribution in [0, 0.1) is 5.82 Å². The van der Waals surface area contributed by atoms with E-state index in [0.717, 1.165) is 16.6 Å². The minimum Gasteiger partial charge on any atom is -0.384 e. The Kier molecular flexibility index (Phi) is 3.12. The Hall–Kier alpha value is -2.40. The normalized spacial score (nSPS) is 10.7. The maximum absolute atomic E-state index is 13.1. The zero-order valence-electron chi connectivity index (χ0n) is 10.3. The Morgan fingerprint density at radius 2 is 2.00 bits per heavy atom. The van der Waals surface area contributed by atoms with Crippen molar-refractivity contribution < 1.29 is 4.39 Å². The molecule has 0 atom stereocenters. The lowest BCUT2D eigenvalue weighted by Crippen LogP contribution is -1.95. The summed E-state index contributed by atoms with van der Waals surface area (Å²) in [5.41, 5.74) is 7.89. The third-order valence-corrected chi connectivity index (χ3v) is 3.14. The number of nitrogen functional groups attached to an aromatic ring is 1. The topological polar surface area (TPSA) is 63.8 Å². The van der Waals surface area contributed by atoms with E-state index in [2.05, 4.69) is 15.3 Å². The van der Waals surface area contributed by atoms with Crippen molar-refractivity contribution in [1.29, 1.82) is 0 Å². The highest BCUT2D eigenvalue weighted by atomic mass is 35.5. The summed E-state index contributed by atoms with van der Waals surface area (Å²) in [5.74, 6) is -0.0454. The van der Waals surface area contributed by atoms with Crippen LogP contribution < -0.4 is 11.1 Å². The summed E-state index contributed by atoms with van der Waals surface area (Å²) in [6.07, 6.45) is 3.27. The number of rotatable bonds is 2. The van der Waals surface area contributed by atoms with Gasteiger partial charge in [0.15, 0.2) is 0 Å². The third kappa shape index (κ3) is 2.35. The third-order valence-electron chi connectivity index (χ3n) is 2.85. The second-order valence-electron chi connectivity index (χ2n) is 4.24. The summed E-state index contributed by atoms with van der Waals surface area (Å²) >= 11 is 5.77. The lowest BCUT2D eigenvalue weighted by molar-refractivity contribution is 0.628. The molecule has 3 rings (SSSR count). The molecule has 0 spiro atoms. The molecule has 4 nitrogen and oxygen atoms in total. The van der Waals surface area contributed by atoms with Crippen LogP contribution in [0.1, 0.15) is 0 Å². The number of pyridine rings is 2. The van der Waals surface area contributed by atoms with Gasteiger partial charge in [0.05, 0.1) is 16.7 Å². The van der Waals surface area contributed by atoms with Crippen molar-refractivity contribution in [3.05, 3.63) is 53.6 Å². The van der Waals surface area contributed by atoms with Crippen LogP contribution in [0.2, 0.25) is 5.02 Å². The molecule has 2 heterocycles. The van der Waals surface area contributed by atoms with Crippen molar-refractivity contribution in [1.82, 2.24) is 9.97 Å². The first-order valence-electron chi connectivity index (χ1n) is 5.86. The molecule has 20 heavy (non-hydrogen) atoms. The lowest BCUT2D eigenvalue weighted by Gasteiger charge is -2.10. The fraction of sp³-hybridized carbons (Fsp3) is 0. The van der Waals surface area contributed by atoms with Crippen molar-refractivity contribution in [2.24, 2.45) is 0 Å². The van der Waals surface area contributed by atoms with Gasteiger partial charge in [-0.15, -0.1) is 0 Å². The summed E-state index contributed by atoms with van der Waals surface area (Å²) in [4.78, 5) is 8.21. The smallest absolute Gasteiger partial charge is 0.141 e. The van der Waals surface area contributed by atoms with E-state index < -0.39 is 5.82 Å². The SMILES string of the molecule is Nc1cc2c(Nc3ccc(F)c(Cl)c3)ccnc2cn1. The molecule has 0 aliphatic rings. The van der Waals surface area contributed by atoms with E-state index in [9.17, 15) is 4.39 Å². The van der Waals surface area contributed by atoms with Crippen LogP contribution in [0.3, 0.4) is 0 Å². The minimum atomic E-state index is -0.453. The molecule has 100 valence electrons. The highest BCUT2D eigenvalue weighted by Crippen LogP contribution is 2.27. The van der Waals surface area contributed by atoms with Crippen molar-refractivity contribution in [2.45, 2.75) is 0 Å². The molecule has 0 saturated carbocycles. The number of nitrogens with zero attached hydrogens (tertiary/aromatic N) is 2. The molecule has 0 aliphatic carbocycles. The van der Waals surface area contributed by atoms with Gasteiger partial charge in [-0.05, 0) is 30.3 Å². The summed E-state index contributed by atoms with van der Waals surface area (Å²) < 4.78 is 13.1. The van der Waals surface area contributed by atoms with E-state index in [1.54, 1.807) is 30.6 Å². The van der Waals surface area contributed by atoms with E-state index in [0.29, 0.717) is 11.5 Å². The van der Waals surface area contributed by atoms with Crippen molar-refractivity contribution >= 4 is 39.7 Å². The zero-order valence-corrected chi connectivity index (χ0v) is 11.0. The molecule has 0 radical (unpaired) electrons. The van der Waals surface area contributed by atoms with Crippen molar-refractivity contribution in [3.8, 4) is 0 Å². The molecule has 0 amide bonds. The Morgan fingerprint density at radius 1 is 1.15 bits per heavy atom. The van der Waals surface area contributed by atoms with Crippen LogP contribution in [0.15, 0.2) is 42.7 Å². The quantitative estimate of drug-likeness (QED) is 0.754. The predicted molar refractivity (Wildman–Crippen MR) is 78.6 cm³/mol. The zero-order chi connectivity index (χ0) is 14.1. The van der Waals surface area contributed by atoms with E-state index in [1.165, 1.54) is 12.1 Å². The monoisotopic (exact) mass is 288 g/mol. The highest BCUT2D eigenvalue weighted by molar-refractivity contribution is 6.31. The van der Waals surface area contributed by atoms with Crippen LogP contribution in [-0.4, -0.2) is 9.97 Å². The van der Waals surface area contributed by atoms with Gasteiger partial charge in [-0.1, -0.05) is 11.6 Å². The maximum Gasteiger partial charge on any atom is 0.141 e. The van der Waals surface area contributed by atoms with Gasteiger partial charge in [0.25, 0.3) is 0 Å². The number of nitrogens with two attached hydrogens (primary N) is 1. The molecule has 2 aromatic heterocycles. The molecule has 0 bridgehead atoms. The summed E-state index contributed by atoms with van der Waals surface area (Å²) in [7, 11) is 0. The van der Waals surface area contributed by atoms with Crippen LogP contribution in [0.5, 0.6) is 0 Å². The molecular formula is C14H10ClFN4. The van der Waals surface area contributed by atoms with Gasteiger partial charge >= 0.3 is 0 Å². The number of hydrogen-bond acceptors (Lipinski definition) is 4. The molecule has 6 heteroatoms.